The molecule has 21 heavy (non-hydrogen) atoms. The Bertz CT molecular complexity index is 573. The summed E-state index contributed by atoms with van der Waals surface area (Å²) < 4.78 is 0. The number of aromatic nitrogens is 2. The number of hydrogen-bond acceptors (Lipinski definition) is 5. The molecule has 0 aliphatic carbocycles. The van der Waals surface area contributed by atoms with Crippen LogP contribution in [0.3, 0.4) is 0 Å². The van der Waals surface area contributed by atoms with Gasteiger partial charge >= 0.3 is 11.7 Å². The van der Waals surface area contributed by atoms with Crippen molar-refractivity contribution in [3.8, 4) is 0 Å². The Labute approximate surface area is 128 Å². The van der Waals surface area contributed by atoms with Crippen LogP contribution < -0.4 is 5.69 Å². The molecule has 0 spiro atoms. The third-order valence-corrected chi connectivity index (χ3v) is 4.92. The molecule has 6 nitrogen and oxygen atoms in total. The Morgan fingerprint density at radius 3 is 2.95 bits per heavy atom. The molecule has 0 bridgehead atoms. The summed E-state index contributed by atoms with van der Waals surface area (Å²) in [7, 11) is 2.13. The molecule has 1 aliphatic rings. The van der Waals surface area contributed by atoms with Crippen LogP contribution in [0.5, 0.6) is 0 Å². The number of nitrogens with one attached hydrogen (secondary N) is 1. The fourth-order valence-corrected chi connectivity index (χ4v) is 3.83. The smallest absolute Gasteiger partial charge is 0.346 e. The molecule has 0 aromatic carbocycles. The lowest BCUT2D eigenvalue weighted by Gasteiger charge is -2.32. The van der Waals surface area contributed by atoms with Crippen molar-refractivity contribution in [2.75, 3.05) is 19.3 Å². The van der Waals surface area contributed by atoms with Crippen LogP contribution in [0.15, 0.2) is 9.82 Å². The molecule has 0 radical (unpaired) electrons. The molecule has 1 saturated heterocycles. The predicted octanol–water partition coefficient (Wildman–Crippen LogP) is 1.74. The van der Waals surface area contributed by atoms with Crippen molar-refractivity contribution in [2.45, 2.75) is 43.7 Å². The first-order chi connectivity index (χ1) is 9.99. The maximum absolute atomic E-state index is 11.4. The van der Waals surface area contributed by atoms with Gasteiger partial charge in [0.05, 0.1) is 0 Å². The van der Waals surface area contributed by atoms with Gasteiger partial charge in [-0.3, -0.25) is 0 Å². The molecule has 1 unspecified atom stereocenters. The molecule has 1 aromatic rings. The van der Waals surface area contributed by atoms with E-state index in [1.54, 1.807) is 6.92 Å². The van der Waals surface area contributed by atoms with E-state index in [1.165, 1.54) is 31.0 Å². The number of carboxylic acid groups (broad SMARTS) is 1. The van der Waals surface area contributed by atoms with Gasteiger partial charge in [0.15, 0.2) is 0 Å². The van der Waals surface area contributed by atoms with Gasteiger partial charge in [-0.2, -0.15) is 4.98 Å². The predicted molar refractivity (Wildman–Crippen MR) is 82.2 cm³/mol. The van der Waals surface area contributed by atoms with Gasteiger partial charge in [-0.25, -0.2) is 9.59 Å². The summed E-state index contributed by atoms with van der Waals surface area (Å²) in [5, 5.41) is 9.57. The van der Waals surface area contributed by atoms with Gasteiger partial charge in [0.25, 0.3) is 0 Å². The fraction of sp³-hybridized carbons (Fsp3) is 0.643. The first kappa shape index (κ1) is 16.0. The third kappa shape index (κ3) is 4.07. The molecule has 2 heterocycles. The van der Waals surface area contributed by atoms with Crippen molar-refractivity contribution in [1.29, 1.82) is 0 Å². The van der Waals surface area contributed by atoms with E-state index in [0.29, 0.717) is 16.8 Å². The molecule has 1 fully saturated rings. The van der Waals surface area contributed by atoms with Gasteiger partial charge in [0, 0.05) is 17.5 Å². The van der Waals surface area contributed by atoms with Gasteiger partial charge in [0.2, 0.25) is 0 Å². The quantitative estimate of drug-likeness (QED) is 0.636. The molecule has 2 N–H and O–H groups in total. The zero-order chi connectivity index (χ0) is 15.4. The average Bonchev–Trinajstić information content (AvgIpc) is 2.39. The van der Waals surface area contributed by atoms with E-state index in [2.05, 4.69) is 21.9 Å². The second-order valence-corrected chi connectivity index (χ2v) is 6.50. The second kappa shape index (κ2) is 7.09. The van der Waals surface area contributed by atoms with Gasteiger partial charge in [-0.15, -0.1) is 11.8 Å². The number of aryl methyl sites for hydroxylation is 1. The van der Waals surface area contributed by atoms with Crippen molar-refractivity contribution in [3.63, 3.8) is 0 Å². The van der Waals surface area contributed by atoms with Gasteiger partial charge in [-0.1, -0.05) is 6.42 Å². The topological polar surface area (TPSA) is 86.3 Å². The summed E-state index contributed by atoms with van der Waals surface area (Å²) >= 11 is 1.36. The number of piperidine rings is 1. The Morgan fingerprint density at radius 2 is 2.29 bits per heavy atom. The van der Waals surface area contributed by atoms with E-state index in [1.807, 2.05) is 0 Å². The van der Waals surface area contributed by atoms with Crippen LogP contribution in [-0.4, -0.2) is 51.3 Å². The van der Waals surface area contributed by atoms with Gasteiger partial charge in [0.1, 0.15) is 10.6 Å². The molecule has 0 saturated carbocycles. The molecule has 0 amide bonds. The number of thioether (sulfide) groups is 1. The lowest BCUT2D eigenvalue weighted by molar-refractivity contribution is 0.0690. The highest BCUT2D eigenvalue weighted by molar-refractivity contribution is 7.99. The second-order valence-electron chi connectivity index (χ2n) is 5.42. The first-order valence-electron chi connectivity index (χ1n) is 7.16. The minimum atomic E-state index is -1.05. The van der Waals surface area contributed by atoms with Crippen LogP contribution in [0, 0.1) is 6.92 Å². The average molecular weight is 311 g/mol. The van der Waals surface area contributed by atoms with Gasteiger partial charge < -0.3 is 15.0 Å². The highest BCUT2D eigenvalue weighted by atomic mass is 32.2. The van der Waals surface area contributed by atoms with Crippen LogP contribution in [0.25, 0.3) is 0 Å². The lowest BCUT2D eigenvalue weighted by atomic mass is 10.0. The highest BCUT2D eigenvalue weighted by Crippen LogP contribution is 2.25. The summed E-state index contributed by atoms with van der Waals surface area (Å²) in [6.45, 7) is 2.71. The maximum atomic E-state index is 11.4. The number of carbonyl (C=O) groups is 1. The Morgan fingerprint density at radius 1 is 1.52 bits per heavy atom. The summed E-state index contributed by atoms with van der Waals surface area (Å²) in [4.78, 5) is 31.3. The van der Waals surface area contributed by atoms with Crippen LogP contribution in [0.1, 0.15) is 41.7 Å². The number of rotatable bonds is 5. The molecule has 1 aromatic heterocycles. The maximum Gasteiger partial charge on any atom is 0.346 e. The fourth-order valence-electron chi connectivity index (χ4n) is 2.72. The normalized spacial score (nSPS) is 19.6. The molecule has 116 valence electrons. The van der Waals surface area contributed by atoms with Crippen molar-refractivity contribution in [1.82, 2.24) is 14.9 Å². The summed E-state index contributed by atoms with van der Waals surface area (Å²) in [5.41, 5.74) is -0.0221. The third-order valence-electron chi connectivity index (χ3n) is 3.91. The number of carboxylic acids is 1. The zero-order valence-electron chi connectivity index (χ0n) is 12.4. The van der Waals surface area contributed by atoms with E-state index in [9.17, 15) is 14.7 Å². The molecular weight excluding hydrogens is 290 g/mol. The van der Waals surface area contributed by atoms with E-state index >= 15 is 0 Å². The standard InChI is InChI=1S/C14H21N3O3S/c1-9-11(13(18)19)12(16-14(20)15-9)21-8-6-10-5-3-4-7-17(10)2/h10H,3-8H2,1-2H3,(H,18,19)(H,15,16,20). The van der Waals surface area contributed by atoms with Crippen LogP contribution >= 0.6 is 11.8 Å². The molecule has 2 rings (SSSR count). The number of hydrogen-bond donors (Lipinski definition) is 2. The number of aromatic carboxylic acids is 1. The van der Waals surface area contributed by atoms with Crippen molar-refractivity contribution < 1.29 is 9.90 Å². The van der Waals surface area contributed by atoms with Crippen LogP contribution in [-0.2, 0) is 0 Å². The summed E-state index contributed by atoms with van der Waals surface area (Å²) in [5.74, 6) is -0.279. The Hall–Kier alpha value is -1.34. The van der Waals surface area contributed by atoms with Crippen molar-refractivity contribution in [3.05, 3.63) is 21.7 Å². The van der Waals surface area contributed by atoms with E-state index in [4.69, 9.17) is 0 Å². The SMILES string of the molecule is Cc1[nH]c(=O)nc(SCCC2CCCCN2C)c1C(=O)O. The van der Waals surface area contributed by atoms with Crippen LogP contribution in [0.4, 0.5) is 0 Å². The largest absolute Gasteiger partial charge is 0.478 e. The Kier molecular flexibility index (Phi) is 5.41. The minimum Gasteiger partial charge on any atom is -0.478 e. The molecular formula is C14H21N3O3S. The summed E-state index contributed by atoms with van der Waals surface area (Å²) in [6, 6.07) is 0.544. The first-order valence-corrected chi connectivity index (χ1v) is 8.15. The van der Waals surface area contributed by atoms with Gasteiger partial charge in [-0.05, 0) is 39.8 Å². The minimum absolute atomic E-state index is 0.108. The number of likely N-dealkylation sites (tertiary alicyclic amines) is 1. The monoisotopic (exact) mass is 311 g/mol. The number of H-pyrrole nitrogens is 1. The lowest BCUT2D eigenvalue weighted by Crippen LogP contribution is -2.36. The van der Waals surface area contributed by atoms with Crippen molar-refractivity contribution in [2.24, 2.45) is 0 Å². The number of aromatic amines is 1. The van der Waals surface area contributed by atoms with Crippen molar-refractivity contribution >= 4 is 17.7 Å². The highest BCUT2D eigenvalue weighted by Gasteiger charge is 2.20. The van der Waals surface area contributed by atoms with E-state index in [0.717, 1.165) is 18.7 Å². The molecule has 1 atom stereocenters. The molecule has 7 heteroatoms. The van der Waals surface area contributed by atoms with E-state index in [-0.39, 0.29) is 5.56 Å². The summed E-state index contributed by atoms with van der Waals surface area (Å²) in [6.07, 6.45) is 4.67. The van der Waals surface area contributed by atoms with E-state index < -0.39 is 11.7 Å². The Balaban J connectivity index is 2.02. The zero-order valence-corrected chi connectivity index (χ0v) is 13.2. The number of nitrogens with zero attached hydrogens (tertiary/aromatic N) is 2. The molecule has 1 aliphatic heterocycles. The van der Waals surface area contributed by atoms with Crippen LogP contribution in [0.2, 0.25) is 0 Å².